The van der Waals surface area contributed by atoms with Crippen LogP contribution in [-0.2, 0) is 6.20 Å². The normalized spacial score (nSPS) is 8.92. The van der Waals surface area contributed by atoms with E-state index >= 15 is 0 Å². The molecule has 0 N–H and O–H groups in total. The maximum atomic E-state index is 5.18. The number of hydrogen-bond donors (Lipinski definition) is 0. The molecule has 0 spiro atoms. The summed E-state index contributed by atoms with van der Waals surface area (Å²) in [6.45, 7) is 0. The van der Waals surface area contributed by atoms with Gasteiger partial charge in [0.25, 0.3) is 0 Å². The topological polar surface area (TPSA) is 24.9 Å². The maximum absolute atomic E-state index is 5.18. The quantitative estimate of drug-likeness (QED) is 0.530. The molecule has 7 heteroatoms. The van der Waals surface area contributed by atoms with Crippen LogP contribution in [0.1, 0.15) is 0 Å². The zero-order valence-electron chi connectivity index (χ0n) is 7.94. The summed E-state index contributed by atoms with van der Waals surface area (Å²) in [7, 11) is 7.28. The van der Waals surface area contributed by atoms with Gasteiger partial charge in [-0.15, -0.1) is 0 Å². The third-order valence-electron chi connectivity index (χ3n) is 0.941. The molecular formula is C6H12N2O2S2Te. The molecule has 0 rings (SSSR count). The first-order chi connectivity index (χ1) is 5.95. The Morgan fingerprint density at radius 2 is 1.23 bits per heavy atom. The Kier molecular flexibility index (Phi) is 6.68. The van der Waals surface area contributed by atoms with E-state index in [2.05, 4.69) is 0 Å². The van der Waals surface area contributed by atoms with Gasteiger partial charge in [0.05, 0.1) is 0 Å². The van der Waals surface area contributed by atoms with E-state index < -0.39 is 21.7 Å². The molecule has 0 unspecified atom stereocenters. The summed E-state index contributed by atoms with van der Waals surface area (Å²) in [5, 5.41) is 0.868. The molecule has 0 aliphatic carbocycles. The Morgan fingerprint density at radius 1 is 0.923 bits per heavy atom. The van der Waals surface area contributed by atoms with E-state index in [1.807, 2.05) is 28.2 Å². The van der Waals surface area contributed by atoms with Crippen LogP contribution in [0.3, 0.4) is 0 Å². The van der Waals surface area contributed by atoms with E-state index in [1.54, 1.807) is 9.80 Å². The summed E-state index contributed by atoms with van der Waals surface area (Å²) in [4.78, 5) is 3.42. The van der Waals surface area contributed by atoms with Crippen molar-refractivity contribution in [2.45, 2.75) is 0 Å². The molecule has 0 aromatic carbocycles. The standard InChI is InChI=1S/C6H12N2O2S2Te/c1-7(2)5(11)9-13-10-6(12)8(3)4/h1-4H3. The van der Waals surface area contributed by atoms with Gasteiger partial charge in [-0.3, -0.25) is 0 Å². The fraction of sp³-hybridized carbons (Fsp3) is 0.667. The van der Waals surface area contributed by atoms with Crippen molar-refractivity contribution in [1.82, 2.24) is 9.80 Å². The first-order valence-electron chi connectivity index (χ1n) is 3.39. The Morgan fingerprint density at radius 3 is 1.46 bits per heavy atom. The van der Waals surface area contributed by atoms with Gasteiger partial charge in [-0.05, 0) is 0 Å². The van der Waals surface area contributed by atoms with Crippen molar-refractivity contribution in [1.29, 1.82) is 0 Å². The Bertz CT molecular complexity index is 179. The van der Waals surface area contributed by atoms with Crippen molar-refractivity contribution in [3.05, 3.63) is 0 Å². The summed E-state index contributed by atoms with van der Waals surface area (Å²) >= 11 is 8.73. The molecule has 0 heterocycles. The van der Waals surface area contributed by atoms with E-state index in [-0.39, 0.29) is 0 Å². The predicted molar refractivity (Wildman–Crippen MR) is 60.5 cm³/mol. The minimum atomic E-state index is -1.06. The molecule has 0 radical (unpaired) electrons. The van der Waals surface area contributed by atoms with Crippen molar-refractivity contribution in [2.75, 3.05) is 28.2 Å². The molecule has 0 atom stereocenters. The summed E-state index contributed by atoms with van der Waals surface area (Å²) in [6, 6.07) is 0. The van der Waals surface area contributed by atoms with Gasteiger partial charge in [0.2, 0.25) is 0 Å². The van der Waals surface area contributed by atoms with Gasteiger partial charge in [-0.25, -0.2) is 0 Å². The molecule has 0 aromatic heterocycles. The van der Waals surface area contributed by atoms with Crippen LogP contribution < -0.4 is 0 Å². The summed E-state index contributed by atoms with van der Waals surface area (Å²) in [5.74, 6) is 0. The molecule has 0 saturated carbocycles. The van der Waals surface area contributed by atoms with Crippen molar-refractivity contribution in [3.63, 3.8) is 0 Å². The van der Waals surface area contributed by atoms with Crippen molar-refractivity contribution in [2.24, 2.45) is 0 Å². The van der Waals surface area contributed by atoms with Gasteiger partial charge >= 0.3 is 101 Å². The van der Waals surface area contributed by atoms with Crippen LogP contribution in [0.15, 0.2) is 0 Å². The molecule has 0 fully saturated rings. The summed E-state index contributed by atoms with van der Waals surface area (Å²) < 4.78 is 10.4. The fourth-order valence-electron chi connectivity index (χ4n) is 0.224. The number of thiocarbonyl (C=S) groups is 2. The van der Waals surface area contributed by atoms with Crippen molar-refractivity contribution < 1.29 is 6.20 Å². The van der Waals surface area contributed by atoms with Crippen LogP contribution in [0.5, 0.6) is 0 Å². The molecule has 0 bridgehead atoms. The Labute approximate surface area is 100 Å². The number of nitrogens with zero attached hydrogens (tertiary/aromatic N) is 2. The Balaban J connectivity index is 3.57. The van der Waals surface area contributed by atoms with Crippen LogP contribution in [-0.4, -0.2) is 70.1 Å². The molecule has 4 nitrogen and oxygen atoms in total. The molecular weight excluding hydrogens is 324 g/mol. The second-order valence-corrected chi connectivity index (χ2v) is 4.59. The molecule has 0 aromatic rings. The third-order valence-corrected chi connectivity index (χ3v) is 3.79. The van der Waals surface area contributed by atoms with Crippen molar-refractivity contribution in [3.8, 4) is 0 Å². The Hall–Kier alpha value is 0.170. The molecule has 0 amide bonds. The van der Waals surface area contributed by atoms with Crippen LogP contribution in [0, 0.1) is 0 Å². The van der Waals surface area contributed by atoms with Crippen LogP contribution >= 0.6 is 24.4 Å². The third kappa shape index (κ3) is 6.27. The van der Waals surface area contributed by atoms with Gasteiger partial charge < -0.3 is 0 Å². The second kappa shape index (κ2) is 6.60. The average molecular weight is 336 g/mol. The zero-order chi connectivity index (χ0) is 10.4. The minimum absolute atomic E-state index is 0.434. The van der Waals surface area contributed by atoms with Crippen LogP contribution in [0.25, 0.3) is 0 Å². The first kappa shape index (κ1) is 13.2. The van der Waals surface area contributed by atoms with Crippen molar-refractivity contribution >= 4 is 56.5 Å². The first-order valence-corrected chi connectivity index (χ1v) is 6.11. The van der Waals surface area contributed by atoms with E-state index in [1.165, 1.54) is 0 Å². The molecule has 13 heavy (non-hydrogen) atoms. The summed E-state index contributed by atoms with van der Waals surface area (Å²) in [6.07, 6.45) is 0. The molecule has 0 saturated heterocycles. The van der Waals surface area contributed by atoms with Gasteiger partial charge in [0.1, 0.15) is 0 Å². The average Bonchev–Trinajstić information content (AvgIpc) is 2.03. The molecule has 76 valence electrons. The second-order valence-electron chi connectivity index (χ2n) is 2.56. The molecule has 0 aliphatic heterocycles. The number of hydrogen-bond acceptors (Lipinski definition) is 4. The van der Waals surface area contributed by atoms with E-state index in [0.29, 0.717) is 10.3 Å². The number of rotatable bonds is 2. The fourth-order valence-corrected chi connectivity index (χ4v) is 1.88. The molecule has 0 aliphatic rings. The van der Waals surface area contributed by atoms with Gasteiger partial charge in [-0.1, -0.05) is 0 Å². The zero-order valence-corrected chi connectivity index (χ0v) is 11.9. The van der Waals surface area contributed by atoms with E-state index in [4.69, 9.17) is 30.6 Å². The van der Waals surface area contributed by atoms with Gasteiger partial charge in [-0.2, -0.15) is 0 Å². The van der Waals surface area contributed by atoms with Gasteiger partial charge in [0, 0.05) is 0 Å². The summed E-state index contributed by atoms with van der Waals surface area (Å²) in [5.41, 5.74) is 0. The van der Waals surface area contributed by atoms with E-state index in [0.717, 1.165) is 0 Å². The van der Waals surface area contributed by atoms with Crippen LogP contribution in [0.2, 0.25) is 0 Å². The SMILES string of the molecule is CN(C)C(=S)O[Te]OC(=S)N(C)C. The van der Waals surface area contributed by atoms with E-state index in [9.17, 15) is 0 Å². The van der Waals surface area contributed by atoms with Gasteiger partial charge in [0.15, 0.2) is 0 Å². The monoisotopic (exact) mass is 338 g/mol. The van der Waals surface area contributed by atoms with Crippen LogP contribution in [0.4, 0.5) is 0 Å². The predicted octanol–water partition coefficient (Wildman–Crippen LogP) is 0.247.